The smallest absolute Gasteiger partial charge is 0.0109 e. The third-order valence-corrected chi connectivity index (χ3v) is 4.54. The van der Waals surface area contributed by atoms with Crippen LogP contribution in [0.25, 0.3) is 0 Å². The molecule has 1 fully saturated rings. The van der Waals surface area contributed by atoms with Gasteiger partial charge in [0.2, 0.25) is 0 Å². The van der Waals surface area contributed by atoms with Crippen molar-refractivity contribution in [1.29, 1.82) is 0 Å². The molecule has 0 saturated heterocycles. The number of rotatable bonds is 2. The van der Waals surface area contributed by atoms with Gasteiger partial charge in [0.1, 0.15) is 0 Å². The number of hydrogen-bond acceptors (Lipinski definition) is 2. The summed E-state index contributed by atoms with van der Waals surface area (Å²) in [6.07, 6.45) is 1.32. The lowest BCUT2D eigenvalue weighted by atomic mass is 9.69. The Hall–Kier alpha value is -0.340. The molecular formula is C11H17NS. The minimum atomic E-state index is 0.742. The highest BCUT2D eigenvalue weighted by Crippen LogP contribution is 2.45. The van der Waals surface area contributed by atoms with Crippen LogP contribution < -0.4 is 5.32 Å². The highest BCUT2D eigenvalue weighted by Gasteiger charge is 2.38. The minimum absolute atomic E-state index is 0.742. The third kappa shape index (κ3) is 1.42. The maximum atomic E-state index is 3.37. The fourth-order valence-electron chi connectivity index (χ4n) is 2.28. The average Bonchev–Trinajstić information content (AvgIpc) is 2.51. The Morgan fingerprint density at radius 1 is 1.54 bits per heavy atom. The Balaban J connectivity index is 2.10. The molecular weight excluding hydrogens is 178 g/mol. The highest BCUT2D eigenvalue weighted by molar-refractivity contribution is 7.10. The zero-order valence-electron chi connectivity index (χ0n) is 8.50. The molecule has 1 aliphatic rings. The van der Waals surface area contributed by atoms with Crippen molar-refractivity contribution >= 4 is 11.3 Å². The molecule has 1 nitrogen and oxygen atoms in total. The van der Waals surface area contributed by atoms with Gasteiger partial charge >= 0.3 is 0 Å². The van der Waals surface area contributed by atoms with Gasteiger partial charge in [-0.2, -0.15) is 0 Å². The topological polar surface area (TPSA) is 12.0 Å². The predicted molar refractivity (Wildman–Crippen MR) is 58.4 cm³/mol. The predicted octanol–water partition coefficient (Wildman–Crippen LogP) is 2.77. The molecule has 1 N–H and O–H groups in total. The Morgan fingerprint density at radius 2 is 2.31 bits per heavy atom. The Morgan fingerprint density at radius 3 is 2.77 bits per heavy atom. The monoisotopic (exact) mass is 195 g/mol. The molecule has 1 aliphatic carbocycles. The van der Waals surface area contributed by atoms with Crippen LogP contribution in [0.3, 0.4) is 0 Å². The second-order valence-electron chi connectivity index (χ2n) is 4.06. The summed E-state index contributed by atoms with van der Waals surface area (Å²) in [6, 6.07) is 2.98. The van der Waals surface area contributed by atoms with Crippen molar-refractivity contribution in [3.05, 3.63) is 21.9 Å². The van der Waals surface area contributed by atoms with Crippen LogP contribution >= 0.6 is 11.3 Å². The van der Waals surface area contributed by atoms with Gasteiger partial charge in [-0.1, -0.05) is 6.92 Å². The van der Waals surface area contributed by atoms with E-state index in [-0.39, 0.29) is 0 Å². The van der Waals surface area contributed by atoms with Crippen LogP contribution in [0.2, 0.25) is 0 Å². The van der Waals surface area contributed by atoms with E-state index in [1.165, 1.54) is 12.0 Å². The lowest BCUT2D eigenvalue weighted by Crippen LogP contribution is -2.46. The summed E-state index contributed by atoms with van der Waals surface area (Å²) >= 11 is 1.92. The SMILES string of the molecule is CNC1CC(c2sccc2C)C1C. The van der Waals surface area contributed by atoms with E-state index < -0.39 is 0 Å². The molecule has 1 saturated carbocycles. The van der Waals surface area contributed by atoms with Crippen molar-refractivity contribution in [2.24, 2.45) is 5.92 Å². The second kappa shape index (κ2) is 3.43. The zero-order chi connectivity index (χ0) is 9.42. The number of aryl methyl sites for hydroxylation is 1. The minimum Gasteiger partial charge on any atom is -0.317 e. The lowest BCUT2D eigenvalue weighted by molar-refractivity contribution is 0.196. The van der Waals surface area contributed by atoms with Crippen LogP contribution in [0.5, 0.6) is 0 Å². The first-order valence-electron chi connectivity index (χ1n) is 4.95. The Labute approximate surface area is 84.2 Å². The van der Waals surface area contributed by atoms with Gasteiger partial charge in [0.15, 0.2) is 0 Å². The molecule has 1 heterocycles. The summed E-state index contributed by atoms with van der Waals surface area (Å²) in [4.78, 5) is 1.61. The van der Waals surface area contributed by atoms with Gasteiger partial charge in [-0.15, -0.1) is 11.3 Å². The molecule has 2 rings (SSSR count). The molecule has 0 radical (unpaired) electrons. The van der Waals surface area contributed by atoms with Crippen molar-refractivity contribution in [3.8, 4) is 0 Å². The first-order valence-corrected chi connectivity index (χ1v) is 5.83. The third-order valence-electron chi connectivity index (χ3n) is 3.39. The van der Waals surface area contributed by atoms with E-state index in [0.29, 0.717) is 0 Å². The lowest BCUT2D eigenvalue weighted by Gasteiger charge is -2.42. The summed E-state index contributed by atoms with van der Waals surface area (Å²) in [5.41, 5.74) is 1.48. The molecule has 1 aromatic rings. The summed E-state index contributed by atoms with van der Waals surface area (Å²) in [5.74, 6) is 1.62. The number of nitrogens with one attached hydrogen (secondary N) is 1. The summed E-state index contributed by atoms with van der Waals surface area (Å²) in [6.45, 7) is 4.58. The molecule has 1 aromatic heterocycles. The Bertz CT molecular complexity index is 292. The standard InChI is InChI=1S/C11H17NS/c1-7-4-5-13-11(7)9-6-10(12-3)8(9)2/h4-5,8-10,12H,6H2,1-3H3. The zero-order valence-corrected chi connectivity index (χ0v) is 9.32. The van der Waals surface area contributed by atoms with Crippen molar-refractivity contribution in [2.45, 2.75) is 32.2 Å². The van der Waals surface area contributed by atoms with Gasteiger partial charge in [0.25, 0.3) is 0 Å². The molecule has 0 aliphatic heterocycles. The van der Waals surface area contributed by atoms with Crippen molar-refractivity contribution in [1.82, 2.24) is 5.32 Å². The molecule has 0 aromatic carbocycles. The van der Waals surface area contributed by atoms with E-state index in [2.05, 4.69) is 37.7 Å². The molecule has 13 heavy (non-hydrogen) atoms. The summed E-state index contributed by atoms with van der Waals surface area (Å²) in [7, 11) is 2.07. The molecule has 0 bridgehead atoms. The second-order valence-corrected chi connectivity index (χ2v) is 5.01. The first-order chi connectivity index (χ1) is 6.24. The van der Waals surface area contributed by atoms with Crippen molar-refractivity contribution < 1.29 is 0 Å². The molecule has 3 atom stereocenters. The van der Waals surface area contributed by atoms with Gasteiger partial charge in [0, 0.05) is 10.9 Å². The van der Waals surface area contributed by atoms with E-state index in [1.54, 1.807) is 4.88 Å². The van der Waals surface area contributed by atoms with Gasteiger partial charge < -0.3 is 5.32 Å². The summed E-state index contributed by atoms with van der Waals surface area (Å²) in [5, 5.41) is 5.58. The molecule has 72 valence electrons. The normalized spacial score (nSPS) is 33.0. The van der Waals surface area contributed by atoms with Crippen molar-refractivity contribution in [2.75, 3.05) is 7.05 Å². The summed E-state index contributed by atoms with van der Waals surface area (Å²) < 4.78 is 0. The van der Waals surface area contributed by atoms with E-state index in [9.17, 15) is 0 Å². The average molecular weight is 195 g/mol. The van der Waals surface area contributed by atoms with Crippen LogP contribution in [0.4, 0.5) is 0 Å². The first kappa shape index (κ1) is 9.22. The van der Waals surface area contributed by atoms with E-state index >= 15 is 0 Å². The van der Waals surface area contributed by atoms with Gasteiger partial charge in [0.05, 0.1) is 0 Å². The fraction of sp³-hybridized carbons (Fsp3) is 0.636. The van der Waals surface area contributed by atoms with E-state index in [4.69, 9.17) is 0 Å². The van der Waals surface area contributed by atoms with E-state index in [1.807, 2.05) is 11.3 Å². The van der Waals surface area contributed by atoms with Crippen LogP contribution in [-0.4, -0.2) is 13.1 Å². The number of hydrogen-bond donors (Lipinski definition) is 1. The van der Waals surface area contributed by atoms with Crippen LogP contribution in [0.15, 0.2) is 11.4 Å². The molecule has 3 unspecified atom stereocenters. The number of thiophene rings is 1. The largest absolute Gasteiger partial charge is 0.317 e. The van der Waals surface area contributed by atoms with Crippen LogP contribution in [-0.2, 0) is 0 Å². The molecule has 0 spiro atoms. The van der Waals surface area contributed by atoms with Crippen LogP contribution in [0, 0.1) is 12.8 Å². The Kier molecular flexibility index (Phi) is 2.43. The maximum absolute atomic E-state index is 3.37. The quantitative estimate of drug-likeness (QED) is 0.765. The van der Waals surface area contributed by atoms with Crippen molar-refractivity contribution in [3.63, 3.8) is 0 Å². The maximum Gasteiger partial charge on any atom is 0.0109 e. The molecule has 2 heteroatoms. The van der Waals surface area contributed by atoms with Gasteiger partial charge in [-0.3, -0.25) is 0 Å². The van der Waals surface area contributed by atoms with Gasteiger partial charge in [-0.25, -0.2) is 0 Å². The van der Waals surface area contributed by atoms with Gasteiger partial charge in [-0.05, 0) is 49.2 Å². The fourth-order valence-corrected chi connectivity index (χ4v) is 3.44. The highest BCUT2D eigenvalue weighted by atomic mass is 32.1. The van der Waals surface area contributed by atoms with Crippen LogP contribution in [0.1, 0.15) is 29.7 Å². The van der Waals surface area contributed by atoms with E-state index in [0.717, 1.165) is 17.9 Å². The molecule has 0 amide bonds.